The Kier molecular flexibility index (Phi) is 26.7. The second-order valence-corrected chi connectivity index (χ2v) is 10.4. The van der Waals surface area contributed by atoms with Crippen molar-refractivity contribution in [3.05, 3.63) is 0 Å². The van der Waals surface area contributed by atoms with Crippen LogP contribution in [-0.4, -0.2) is 16.9 Å². The maximum atomic E-state index is 10.9. The molecule has 0 rings (SSSR count). The van der Waals surface area contributed by atoms with Crippen LogP contribution in [0.15, 0.2) is 0 Å². The van der Waals surface area contributed by atoms with Gasteiger partial charge < -0.3 is 9.90 Å². The molecule has 0 amide bonds. The van der Waals surface area contributed by atoms with Gasteiger partial charge in [-0.15, -0.1) is 0 Å². The molecule has 3 heteroatoms. The van der Waals surface area contributed by atoms with Crippen molar-refractivity contribution in [2.45, 2.75) is 180 Å². The minimum Gasteiger partial charge on any atom is -0.481 e. The standard InChI is InChI=1S/C30H58O3/c1-29(31)27-25-23-21-19-17-15-13-11-9-7-5-3-2-4-6-8-10-12-14-16-18-20-22-24-26-28-30(32)33/h2-28H2,1H3,(H,32,33). The summed E-state index contributed by atoms with van der Waals surface area (Å²) in [5.74, 6) is -0.314. The molecule has 0 unspecified atom stereocenters. The zero-order valence-corrected chi connectivity index (χ0v) is 22.4. The third kappa shape index (κ3) is 31.1. The molecule has 0 heterocycles. The number of carboxylic acids is 1. The fourth-order valence-corrected chi connectivity index (χ4v) is 4.72. The predicted octanol–water partition coefficient (Wildman–Crippen LogP) is 10.2. The zero-order valence-electron chi connectivity index (χ0n) is 22.4. The number of hydrogen-bond donors (Lipinski definition) is 1. The molecule has 0 aromatic carbocycles. The fourth-order valence-electron chi connectivity index (χ4n) is 4.72. The summed E-state index contributed by atoms with van der Waals surface area (Å²) in [5.41, 5.74) is 0. The highest BCUT2D eigenvalue weighted by molar-refractivity contribution is 5.75. The summed E-state index contributed by atoms with van der Waals surface area (Å²) in [6, 6.07) is 0. The van der Waals surface area contributed by atoms with Crippen LogP contribution in [0.5, 0.6) is 0 Å². The first-order valence-corrected chi connectivity index (χ1v) is 14.8. The highest BCUT2D eigenvalue weighted by Crippen LogP contribution is 2.16. The van der Waals surface area contributed by atoms with Gasteiger partial charge in [0.1, 0.15) is 5.78 Å². The molecule has 0 saturated carbocycles. The second-order valence-electron chi connectivity index (χ2n) is 10.4. The van der Waals surface area contributed by atoms with Crippen LogP contribution < -0.4 is 0 Å². The molecule has 3 nitrogen and oxygen atoms in total. The van der Waals surface area contributed by atoms with Crippen LogP contribution in [0.3, 0.4) is 0 Å². The number of carbonyl (C=O) groups is 2. The van der Waals surface area contributed by atoms with E-state index >= 15 is 0 Å². The highest BCUT2D eigenvalue weighted by Gasteiger charge is 1.98. The summed E-state index contributed by atoms with van der Waals surface area (Å²) < 4.78 is 0. The molecule has 0 aromatic rings. The van der Waals surface area contributed by atoms with Gasteiger partial charge >= 0.3 is 5.97 Å². The average Bonchev–Trinajstić information content (AvgIpc) is 2.78. The third-order valence-electron chi connectivity index (χ3n) is 6.92. The molecule has 1 N–H and O–H groups in total. The van der Waals surface area contributed by atoms with Crippen LogP contribution in [0.1, 0.15) is 180 Å². The summed E-state index contributed by atoms with van der Waals surface area (Å²) in [7, 11) is 0. The molecule has 0 atom stereocenters. The molecular weight excluding hydrogens is 408 g/mol. The smallest absolute Gasteiger partial charge is 0.303 e. The molecule has 0 radical (unpaired) electrons. The molecule has 0 spiro atoms. The van der Waals surface area contributed by atoms with Crippen LogP contribution >= 0.6 is 0 Å². The predicted molar refractivity (Wildman–Crippen MR) is 143 cm³/mol. The lowest BCUT2D eigenvalue weighted by Gasteiger charge is -2.04. The lowest BCUT2D eigenvalue weighted by molar-refractivity contribution is -0.137. The second kappa shape index (κ2) is 27.4. The van der Waals surface area contributed by atoms with E-state index in [-0.39, 0.29) is 0 Å². The van der Waals surface area contributed by atoms with Crippen LogP contribution in [0.25, 0.3) is 0 Å². The Hall–Kier alpha value is -0.860. The molecule has 196 valence electrons. The molecule has 0 aromatic heterocycles. The van der Waals surface area contributed by atoms with E-state index in [0.29, 0.717) is 12.2 Å². The molecule has 33 heavy (non-hydrogen) atoms. The van der Waals surface area contributed by atoms with Crippen molar-refractivity contribution in [2.24, 2.45) is 0 Å². The van der Waals surface area contributed by atoms with E-state index in [2.05, 4.69) is 0 Å². The zero-order chi connectivity index (χ0) is 24.2. The molecule has 0 aliphatic carbocycles. The Morgan fingerprint density at radius 2 is 0.545 bits per heavy atom. The van der Waals surface area contributed by atoms with E-state index in [0.717, 1.165) is 25.7 Å². The van der Waals surface area contributed by atoms with Gasteiger partial charge in [-0.05, 0) is 19.8 Å². The first-order chi connectivity index (χ1) is 16.1. The number of aliphatic carboxylic acids is 1. The lowest BCUT2D eigenvalue weighted by Crippen LogP contribution is -1.93. The van der Waals surface area contributed by atoms with Crippen LogP contribution in [0, 0.1) is 0 Å². The summed E-state index contributed by atoms with van der Waals surface area (Å²) in [4.78, 5) is 21.3. The van der Waals surface area contributed by atoms with Gasteiger partial charge in [-0.2, -0.15) is 0 Å². The Balaban J connectivity index is 3.02. The molecule has 0 saturated heterocycles. The maximum Gasteiger partial charge on any atom is 0.303 e. The quantitative estimate of drug-likeness (QED) is 0.117. The van der Waals surface area contributed by atoms with Crippen molar-refractivity contribution >= 4 is 11.8 Å². The topological polar surface area (TPSA) is 54.4 Å². The minimum absolute atomic E-state index is 0.340. The van der Waals surface area contributed by atoms with E-state index in [1.807, 2.05) is 0 Å². The van der Waals surface area contributed by atoms with Crippen molar-refractivity contribution in [3.63, 3.8) is 0 Å². The maximum absolute atomic E-state index is 10.9. The fraction of sp³-hybridized carbons (Fsp3) is 0.933. The normalized spacial score (nSPS) is 11.2. The third-order valence-corrected chi connectivity index (χ3v) is 6.92. The first-order valence-electron chi connectivity index (χ1n) is 14.8. The number of hydrogen-bond acceptors (Lipinski definition) is 2. The molecule has 0 bridgehead atoms. The largest absolute Gasteiger partial charge is 0.481 e. The number of Topliss-reactive ketones (excluding diaryl/α,β-unsaturated/α-hetero) is 1. The summed E-state index contributed by atoms with van der Waals surface area (Å²) in [6.07, 6.45) is 34.5. The van der Waals surface area contributed by atoms with Crippen molar-refractivity contribution in [1.82, 2.24) is 0 Å². The van der Waals surface area contributed by atoms with Crippen LogP contribution in [0.4, 0.5) is 0 Å². The molecule has 0 fully saturated rings. The van der Waals surface area contributed by atoms with Crippen molar-refractivity contribution in [2.75, 3.05) is 0 Å². The lowest BCUT2D eigenvalue weighted by atomic mass is 10.0. The highest BCUT2D eigenvalue weighted by atomic mass is 16.4. The van der Waals surface area contributed by atoms with E-state index in [9.17, 15) is 9.59 Å². The van der Waals surface area contributed by atoms with Crippen molar-refractivity contribution in [3.8, 4) is 0 Å². The number of carboxylic acid groups (broad SMARTS) is 1. The van der Waals surface area contributed by atoms with E-state index < -0.39 is 5.97 Å². The monoisotopic (exact) mass is 466 g/mol. The van der Waals surface area contributed by atoms with Gasteiger partial charge in [0.2, 0.25) is 0 Å². The van der Waals surface area contributed by atoms with Gasteiger partial charge in [-0.3, -0.25) is 4.79 Å². The molecular formula is C30H58O3. The van der Waals surface area contributed by atoms with E-state index in [4.69, 9.17) is 5.11 Å². The van der Waals surface area contributed by atoms with Gasteiger partial charge in [0.05, 0.1) is 0 Å². The molecule has 0 aliphatic rings. The van der Waals surface area contributed by atoms with E-state index in [1.165, 1.54) is 141 Å². The van der Waals surface area contributed by atoms with Crippen LogP contribution in [-0.2, 0) is 9.59 Å². The Labute approximate surface area is 206 Å². The number of carbonyl (C=O) groups excluding carboxylic acids is 1. The number of unbranched alkanes of at least 4 members (excludes halogenated alkanes) is 24. The number of ketones is 1. The molecule has 0 aliphatic heterocycles. The van der Waals surface area contributed by atoms with E-state index in [1.54, 1.807) is 6.92 Å². The van der Waals surface area contributed by atoms with Crippen molar-refractivity contribution < 1.29 is 14.7 Å². The summed E-state index contributed by atoms with van der Waals surface area (Å²) in [5, 5.41) is 8.60. The summed E-state index contributed by atoms with van der Waals surface area (Å²) in [6.45, 7) is 1.70. The van der Waals surface area contributed by atoms with Crippen molar-refractivity contribution in [1.29, 1.82) is 0 Å². The van der Waals surface area contributed by atoms with Gasteiger partial charge in [0.25, 0.3) is 0 Å². The average molecular weight is 467 g/mol. The minimum atomic E-state index is -0.655. The van der Waals surface area contributed by atoms with Gasteiger partial charge in [-0.1, -0.05) is 148 Å². The first kappa shape index (κ1) is 32.1. The van der Waals surface area contributed by atoms with Gasteiger partial charge in [0, 0.05) is 12.8 Å². The number of rotatable bonds is 28. The summed E-state index contributed by atoms with van der Waals surface area (Å²) >= 11 is 0. The Bertz CT molecular complexity index is 381. The Morgan fingerprint density at radius 1 is 0.364 bits per heavy atom. The van der Waals surface area contributed by atoms with Gasteiger partial charge in [-0.25, -0.2) is 0 Å². The Morgan fingerprint density at radius 3 is 0.727 bits per heavy atom. The van der Waals surface area contributed by atoms with Crippen LogP contribution in [0.2, 0.25) is 0 Å². The van der Waals surface area contributed by atoms with Gasteiger partial charge in [0.15, 0.2) is 0 Å². The SMILES string of the molecule is CC(=O)CCCCCCCCCCCCCCCCCCCCCCCCCCCC(=O)O.